The molecule has 4 rings (SSSR count). The van der Waals surface area contributed by atoms with Gasteiger partial charge in [0.25, 0.3) is 0 Å². The van der Waals surface area contributed by atoms with E-state index in [1.54, 1.807) is 47.4 Å². The third-order valence-corrected chi connectivity index (χ3v) is 7.01. The summed E-state index contributed by atoms with van der Waals surface area (Å²) in [7, 11) is -3.96. The standard InChI is InChI=1S/C24H23N3O3S/c25-17-18-8-10-20(11-9-18)23(24(28)27-14-4-1-5-15-27)26-31(29,30)22-13-12-19-6-2-3-7-21(19)16-22/h2-3,6-13,16,23,26H,1,4-5,14-15H2. The predicted octanol–water partition coefficient (Wildman–Crippen LogP) is 3.74. The van der Waals surface area contributed by atoms with Crippen LogP contribution in [0.4, 0.5) is 0 Å². The fraction of sp³-hybridized carbons (Fsp3) is 0.250. The molecule has 1 amide bonds. The second kappa shape index (κ2) is 8.88. The Balaban J connectivity index is 1.69. The first-order valence-corrected chi connectivity index (χ1v) is 11.8. The van der Waals surface area contributed by atoms with Crippen LogP contribution in [-0.4, -0.2) is 32.3 Å². The third kappa shape index (κ3) is 4.61. The van der Waals surface area contributed by atoms with Gasteiger partial charge in [-0.25, -0.2) is 8.42 Å². The molecule has 31 heavy (non-hydrogen) atoms. The summed E-state index contributed by atoms with van der Waals surface area (Å²) in [6.45, 7) is 1.23. The molecule has 0 spiro atoms. The zero-order valence-corrected chi connectivity index (χ0v) is 17.8. The molecule has 6 nitrogen and oxygen atoms in total. The number of sulfonamides is 1. The summed E-state index contributed by atoms with van der Waals surface area (Å²) >= 11 is 0. The lowest BCUT2D eigenvalue weighted by Gasteiger charge is -2.31. The Hall–Kier alpha value is -3.21. The van der Waals surface area contributed by atoms with Crippen molar-refractivity contribution in [3.05, 3.63) is 77.9 Å². The molecular formula is C24H23N3O3S. The minimum atomic E-state index is -3.96. The fourth-order valence-corrected chi connectivity index (χ4v) is 5.08. The first-order valence-electron chi connectivity index (χ1n) is 10.3. The average Bonchev–Trinajstić information content (AvgIpc) is 2.82. The Morgan fingerprint density at radius 2 is 1.61 bits per heavy atom. The molecule has 0 saturated carbocycles. The van der Waals surface area contributed by atoms with E-state index in [9.17, 15) is 13.2 Å². The molecule has 1 fully saturated rings. The molecule has 1 aliphatic rings. The van der Waals surface area contributed by atoms with Gasteiger partial charge in [-0.1, -0.05) is 42.5 Å². The molecule has 7 heteroatoms. The first kappa shape index (κ1) is 21.0. The fourth-order valence-electron chi connectivity index (χ4n) is 3.87. The number of fused-ring (bicyclic) bond motifs is 1. The topological polar surface area (TPSA) is 90.3 Å². The van der Waals surface area contributed by atoms with Crippen molar-refractivity contribution in [2.75, 3.05) is 13.1 Å². The van der Waals surface area contributed by atoms with E-state index in [1.165, 1.54) is 0 Å². The largest absolute Gasteiger partial charge is 0.341 e. The van der Waals surface area contributed by atoms with Crippen molar-refractivity contribution < 1.29 is 13.2 Å². The van der Waals surface area contributed by atoms with Crippen LogP contribution >= 0.6 is 0 Å². The van der Waals surface area contributed by atoms with E-state index in [1.807, 2.05) is 30.3 Å². The monoisotopic (exact) mass is 433 g/mol. The zero-order chi connectivity index (χ0) is 21.8. The molecular weight excluding hydrogens is 410 g/mol. The van der Waals surface area contributed by atoms with Gasteiger partial charge in [0, 0.05) is 13.1 Å². The third-order valence-electron chi connectivity index (χ3n) is 5.59. The number of nitriles is 1. The summed E-state index contributed by atoms with van der Waals surface area (Å²) < 4.78 is 29.1. The van der Waals surface area contributed by atoms with Crippen LogP contribution in [0, 0.1) is 11.3 Å². The normalized spacial score (nSPS) is 15.4. The summed E-state index contributed by atoms with van der Waals surface area (Å²) in [6.07, 6.45) is 2.88. The van der Waals surface area contributed by atoms with Gasteiger partial charge in [0.2, 0.25) is 15.9 Å². The highest BCUT2D eigenvalue weighted by Crippen LogP contribution is 2.24. The average molecular weight is 434 g/mol. The number of rotatable bonds is 5. The molecule has 0 bridgehead atoms. The van der Waals surface area contributed by atoms with E-state index >= 15 is 0 Å². The zero-order valence-electron chi connectivity index (χ0n) is 17.0. The van der Waals surface area contributed by atoms with Crippen molar-refractivity contribution in [3.8, 4) is 6.07 Å². The quantitative estimate of drug-likeness (QED) is 0.664. The number of benzene rings is 3. The smallest absolute Gasteiger partial charge is 0.245 e. The predicted molar refractivity (Wildman–Crippen MR) is 119 cm³/mol. The highest BCUT2D eigenvalue weighted by Gasteiger charge is 2.31. The Labute approximate surface area is 182 Å². The number of carbonyl (C=O) groups excluding carboxylic acids is 1. The van der Waals surface area contributed by atoms with Gasteiger partial charge in [-0.2, -0.15) is 9.98 Å². The van der Waals surface area contributed by atoms with E-state index in [0.717, 1.165) is 30.0 Å². The highest BCUT2D eigenvalue weighted by molar-refractivity contribution is 7.89. The lowest BCUT2D eigenvalue weighted by atomic mass is 10.0. The van der Waals surface area contributed by atoms with E-state index < -0.39 is 16.1 Å². The van der Waals surface area contributed by atoms with Crippen molar-refractivity contribution in [1.82, 2.24) is 9.62 Å². The van der Waals surface area contributed by atoms with Gasteiger partial charge in [-0.15, -0.1) is 0 Å². The second-order valence-corrected chi connectivity index (χ2v) is 9.40. The van der Waals surface area contributed by atoms with E-state index in [2.05, 4.69) is 4.72 Å². The number of hydrogen-bond donors (Lipinski definition) is 1. The van der Waals surface area contributed by atoms with Crippen LogP contribution in [0.2, 0.25) is 0 Å². The molecule has 158 valence electrons. The minimum absolute atomic E-state index is 0.108. The van der Waals surface area contributed by atoms with Gasteiger partial charge in [0.1, 0.15) is 6.04 Å². The Bertz CT molecular complexity index is 1240. The van der Waals surface area contributed by atoms with Crippen LogP contribution in [0.25, 0.3) is 10.8 Å². The van der Waals surface area contributed by atoms with E-state index in [-0.39, 0.29) is 10.8 Å². The summed E-state index contributed by atoms with van der Waals surface area (Å²) in [4.78, 5) is 15.1. The van der Waals surface area contributed by atoms with Crippen molar-refractivity contribution in [3.63, 3.8) is 0 Å². The highest BCUT2D eigenvalue weighted by atomic mass is 32.2. The van der Waals surface area contributed by atoms with E-state index in [4.69, 9.17) is 5.26 Å². The maximum absolute atomic E-state index is 13.3. The minimum Gasteiger partial charge on any atom is -0.341 e. The van der Waals surface area contributed by atoms with Crippen LogP contribution in [0.3, 0.4) is 0 Å². The second-order valence-electron chi connectivity index (χ2n) is 7.68. The number of carbonyl (C=O) groups is 1. The van der Waals surface area contributed by atoms with Gasteiger partial charge < -0.3 is 4.90 Å². The Morgan fingerprint density at radius 3 is 2.29 bits per heavy atom. The number of nitrogens with zero attached hydrogens (tertiary/aromatic N) is 2. The van der Waals surface area contributed by atoms with Crippen LogP contribution in [-0.2, 0) is 14.8 Å². The van der Waals surface area contributed by atoms with Crippen LogP contribution in [0.15, 0.2) is 71.6 Å². The van der Waals surface area contributed by atoms with Gasteiger partial charge >= 0.3 is 0 Å². The molecule has 1 N–H and O–H groups in total. The molecule has 1 atom stereocenters. The maximum Gasteiger partial charge on any atom is 0.245 e. The SMILES string of the molecule is N#Cc1ccc(C(NS(=O)(=O)c2ccc3ccccc3c2)C(=O)N2CCCCC2)cc1. The number of nitrogens with one attached hydrogen (secondary N) is 1. The summed E-state index contributed by atoms with van der Waals surface area (Å²) in [5, 5.41) is 10.8. The van der Waals surface area contributed by atoms with Crippen molar-refractivity contribution in [1.29, 1.82) is 5.26 Å². The maximum atomic E-state index is 13.3. The first-order chi connectivity index (χ1) is 15.0. The molecule has 3 aromatic carbocycles. The van der Waals surface area contributed by atoms with E-state index in [0.29, 0.717) is 24.2 Å². The van der Waals surface area contributed by atoms with Crippen molar-refractivity contribution in [2.24, 2.45) is 0 Å². The van der Waals surface area contributed by atoms with Gasteiger partial charge in [0.05, 0.1) is 16.5 Å². The molecule has 1 heterocycles. The summed E-state index contributed by atoms with van der Waals surface area (Å²) in [5.74, 6) is -0.270. The van der Waals surface area contributed by atoms with Gasteiger partial charge in [-0.3, -0.25) is 4.79 Å². The van der Waals surface area contributed by atoms with Gasteiger partial charge in [0.15, 0.2) is 0 Å². The molecule has 1 aliphatic heterocycles. The molecule has 0 aromatic heterocycles. The van der Waals surface area contributed by atoms with Crippen LogP contribution < -0.4 is 4.72 Å². The number of hydrogen-bond acceptors (Lipinski definition) is 4. The Kier molecular flexibility index (Phi) is 6.03. The molecule has 1 unspecified atom stereocenters. The summed E-state index contributed by atoms with van der Waals surface area (Å²) in [6, 6.07) is 19.9. The van der Waals surface area contributed by atoms with Crippen molar-refractivity contribution in [2.45, 2.75) is 30.2 Å². The number of likely N-dealkylation sites (tertiary alicyclic amines) is 1. The number of amides is 1. The molecule has 0 radical (unpaired) electrons. The molecule has 1 saturated heterocycles. The molecule has 3 aromatic rings. The lowest BCUT2D eigenvalue weighted by molar-refractivity contribution is -0.134. The van der Waals surface area contributed by atoms with Crippen LogP contribution in [0.5, 0.6) is 0 Å². The van der Waals surface area contributed by atoms with Gasteiger partial charge in [-0.05, 0) is 59.9 Å². The summed E-state index contributed by atoms with van der Waals surface area (Å²) in [5.41, 5.74) is 0.962. The van der Waals surface area contributed by atoms with Crippen LogP contribution in [0.1, 0.15) is 36.4 Å². The number of piperidine rings is 1. The van der Waals surface area contributed by atoms with Crippen molar-refractivity contribution >= 4 is 26.7 Å². The lowest BCUT2D eigenvalue weighted by Crippen LogP contribution is -2.44. The Morgan fingerprint density at radius 1 is 0.935 bits per heavy atom. The molecule has 0 aliphatic carbocycles.